The van der Waals surface area contributed by atoms with E-state index in [9.17, 15) is 4.79 Å². The first-order valence-electron chi connectivity index (χ1n) is 8.17. The van der Waals surface area contributed by atoms with Crippen molar-refractivity contribution in [1.82, 2.24) is 14.4 Å². The Balaban J connectivity index is 1.73. The minimum atomic E-state index is -0.542. The van der Waals surface area contributed by atoms with E-state index >= 15 is 0 Å². The summed E-state index contributed by atoms with van der Waals surface area (Å²) in [5, 5.41) is 0.605. The molecular weight excluding hydrogens is 384 g/mol. The molecule has 0 bridgehead atoms. The highest BCUT2D eigenvalue weighted by atomic mass is 35.5. The molecule has 4 aromatic rings. The molecule has 1 amide bonds. The summed E-state index contributed by atoms with van der Waals surface area (Å²) in [4.78, 5) is 21.6. The van der Waals surface area contributed by atoms with Crippen LogP contribution in [-0.4, -0.2) is 20.3 Å². The molecular formula is C19H15ClN4O2S. The van der Waals surface area contributed by atoms with Crippen molar-refractivity contribution in [3.05, 3.63) is 70.5 Å². The molecule has 1 atom stereocenters. The van der Waals surface area contributed by atoms with Gasteiger partial charge in [0.2, 0.25) is 5.78 Å². The van der Waals surface area contributed by atoms with Gasteiger partial charge in [-0.3, -0.25) is 9.20 Å². The van der Waals surface area contributed by atoms with E-state index in [-0.39, 0.29) is 6.10 Å². The van der Waals surface area contributed by atoms with E-state index < -0.39 is 5.91 Å². The molecule has 3 aromatic heterocycles. The van der Waals surface area contributed by atoms with Gasteiger partial charge in [0, 0.05) is 29.0 Å². The summed E-state index contributed by atoms with van der Waals surface area (Å²) < 4.78 is 7.89. The number of thiophene rings is 1. The molecule has 4 rings (SSSR count). The number of aromatic nitrogens is 3. The fourth-order valence-corrected chi connectivity index (χ4v) is 4.07. The predicted molar refractivity (Wildman–Crippen MR) is 105 cm³/mol. The van der Waals surface area contributed by atoms with E-state index in [1.807, 2.05) is 41.8 Å². The van der Waals surface area contributed by atoms with Gasteiger partial charge in [-0.25, -0.2) is 9.97 Å². The minimum absolute atomic E-state index is 0.344. The van der Waals surface area contributed by atoms with Gasteiger partial charge in [-0.15, -0.1) is 11.3 Å². The second-order valence-corrected chi connectivity index (χ2v) is 7.34. The lowest BCUT2D eigenvalue weighted by molar-refractivity contribution is 0.0998. The molecule has 3 heterocycles. The van der Waals surface area contributed by atoms with Gasteiger partial charge in [0.15, 0.2) is 0 Å². The van der Waals surface area contributed by atoms with Crippen molar-refractivity contribution in [2.45, 2.75) is 13.0 Å². The van der Waals surface area contributed by atoms with Crippen molar-refractivity contribution < 1.29 is 9.53 Å². The second-order valence-electron chi connectivity index (χ2n) is 5.88. The molecule has 0 aliphatic carbocycles. The Morgan fingerprint density at radius 1 is 1.30 bits per heavy atom. The first kappa shape index (κ1) is 17.5. The number of benzene rings is 1. The first-order valence-corrected chi connectivity index (χ1v) is 9.37. The highest BCUT2D eigenvalue weighted by Crippen LogP contribution is 2.38. The van der Waals surface area contributed by atoms with E-state index in [0.717, 1.165) is 16.1 Å². The van der Waals surface area contributed by atoms with Crippen LogP contribution in [0.2, 0.25) is 5.02 Å². The lowest BCUT2D eigenvalue weighted by Gasteiger charge is -2.16. The number of carbonyl (C=O) groups is 1. The van der Waals surface area contributed by atoms with E-state index in [1.54, 1.807) is 24.5 Å². The Bertz CT molecular complexity index is 1140. The third-order valence-corrected chi connectivity index (χ3v) is 5.61. The normalized spacial score (nSPS) is 12.2. The number of carbonyl (C=O) groups excluding carboxylic acids is 1. The van der Waals surface area contributed by atoms with Gasteiger partial charge in [0.1, 0.15) is 16.7 Å². The molecule has 0 saturated carbocycles. The van der Waals surface area contributed by atoms with Gasteiger partial charge in [-0.1, -0.05) is 29.8 Å². The lowest BCUT2D eigenvalue weighted by atomic mass is 10.1. The number of ether oxygens (including phenoxy) is 1. The average Bonchev–Trinajstić information content (AvgIpc) is 3.26. The zero-order valence-corrected chi connectivity index (χ0v) is 15.9. The third kappa shape index (κ3) is 3.27. The molecule has 136 valence electrons. The average molecular weight is 399 g/mol. The van der Waals surface area contributed by atoms with E-state index in [4.69, 9.17) is 22.1 Å². The van der Waals surface area contributed by atoms with Crippen LogP contribution in [0, 0.1) is 0 Å². The zero-order chi connectivity index (χ0) is 19.0. The molecule has 8 heteroatoms. The van der Waals surface area contributed by atoms with Crippen molar-refractivity contribution in [1.29, 1.82) is 0 Å². The molecule has 0 saturated heterocycles. The number of nitrogens with zero attached hydrogens (tertiary/aromatic N) is 3. The molecule has 0 fully saturated rings. The Labute approximate surface area is 164 Å². The Hall–Kier alpha value is -2.90. The number of rotatable bonds is 5. The lowest BCUT2D eigenvalue weighted by Crippen LogP contribution is -2.12. The van der Waals surface area contributed by atoms with Crippen LogP contribution in [0.4, 0.5) is 0 Å². The monoisotopic (exact) mass is 398 g/mol. The zero-order valence-electron chi connectivity index (χ0n) is 14.3. The van der Waals surface area contributed by atoms with E-state index in [0.29, 0.717) is 21.4 Å². The standard InChI is InChI=1S/C19H15ClN4O2S/c1-11(12-5-2-3-6-13(12)20)26-15-9-16(27-17(15)18(21)25)14-10-23-19-22-7-4-8-24(14)19/h2-11H,1H3,(H2,21,25)/t11-/m1/s1. The minimum Gasteiger partial charge on any atom is -0.484 e. The van der Waals surface area contributed by atoms with Crippen LogP contribution in [0.3, 0.4) is 0 Å². The van der Waals surface area contributed by atoms with Crippen molar-refractivity contribution in [3.63, 3.8) is 0 Å². The molecule has 0 spiro atoms. The fourth-order valence-electron chi connectivity index (χ4n) is 2.83. The molecule has 2 N–H and O–H groups in total. The maximum atomic E-state index is 11.9. The van der Waals surface area contributed by atoms with Crippen LogP contribution in [0.5, 0.6) is 5.75 Å². The number of nitrogens with two attached hydrogens (primary N) is 1. The summed E-state index contributed by atoms with van der Waals surface area (Å²) in [5.74, 6) is 0.460. The molecule has 1 aromatic carbocycles. The molecule has 0 aliphatic heterocycles. The van der Waals surface area contributed by atoms with Gasteiger partial charge in [-0.05, 0) is 19.1 Å². The van der Waals surface area contributed by atoms with Crippen LogP contribution in [0.15, 0.2) is 55.0 Å². The van der Waals surface area contributed by atoms with Crippen molar-refractivity contribution in [2.24, 2.45) is 5.73 Å². The Morgan fingerprint density at radius 2 is 2.11 bits per heavy atom. The van der Waals surface area contributed by atoms with Gasteiger partial charge in [0.05, 0.1) is 16.8 Å². The number of amides is 1. The highest BCUT2D eigenvalue weighted by Gasteiger charge is 2.21. The van der Waals surface area contributed by atoms with Crippen LogP contribution in [-0.2, 0) is 0 Å². The van der Waals surface area contributed by atoms with Crippen LogP contribution >= 0.6 is 22.9 Å². The summed E-state index contributed by atoms with van der Waals surface area (Å²) in [6, 6.07) is 11.1. The number of hydrogen-bond acceptors (Lipinski definition) is 5. The first-order chi connectivity index (χ1) is 13.0. The van der Waals surface area contributed by atoms with Crippen molar-refractivity contribution >= 4 is 34.6 Å². The quantitative estimate of drug-likeness (QED) is 0.541. The van der Waals surface area contributed by atoms with Gasteiger partial charge in [-0.2, -0.15) is 0 Å². The van der Waals surface area contributed by atoms with Crippen LogP contribution < -0.4 is 10.5 Å². The van der Waals surface area contributed by atoms with Gasteiger partial charge in [0.25, 0.3) is 5.91 Å². The maximum Gasteiger partial charge on any atom is 0.262 e. The molecule has 0 aliphatic rings. The molecule has 6 nitrogen and oxygen atoms in total. The summed E-state index contributed by atoms with van der Waals surface area (Å²) in [6.07, 6.45) is 4.90. The number of imidazole rings is 1. The molecule has 0 radical (unpaired) electrons. The summed E-state index contributed by atoms with van der Waals surface area (Å²) >= 11 is 7.51. The second kappa shape index (κ2) is 7.02. The number of hydrogen-bond donors (Lipinski definition) is 1. The van der Waals surface area contributed by atoms with Crippen molar-refractivity contribution in [2.75, 3.05) is 0 Å². The third-order valence-electron chi connectivity index (χ3n) is 4.11. The van der Waals surface area contributed by atoms with Crippen LogP contribution in [0.1, 0.15) is 28.3 Å². The Kier molecular flexibility index (Phi) is 4.55. The SMILES string of the molecule is C[C@@H](Oc1cc(-c2cnc3ncccn23)sc1C(N)=O)c1ccccc1Cl. The smallest absolute Gasteiger partial charge is 0.262 e. The molecule has 27 heavy (non-hydrogen) atoms. The predicted octanol–water partition coefficient (Wildman–Crippen LogP) is 4.35. The van der Waals surface area contributed by atoms with E-state index in [2.05, 4.69) is 9.97 Å². The largest absolute Gasteiger partial charge is 0.484 e. The summed E-state index contributed by atoms with van der Waals surface area (Å²) in [6.45, 7) is 1.88. The fraction of sp³-hybridized carbons (Fsp3) is 0.105. The Morgan fingerprint density at radius 3 is 2.89 bits per heavy atom. The van der Waals surface area contributed by atoms with E-state index in [1.165, 1.54) is 11.3 Å². The van der Waals surface area contributed by atoms with Crippen LogP contribution in [0.25, 0.3) is 16.3 Å². The number of halogens is 1. The number of fused-ring (bicyclic) bond motifs is 1. The molecule has 0 unspecified atom stereocenters. The highest BCUT2D eigenvalue weighted by molar-refractivity contribution is 7.17. The number of primary amides is 1. The van der Waals surface area contributed by atoms with Crippen molar-refractivity contribution in [3.8, 4) is 16.3 Å². The summed E-state index contributed by atoms with van der Waals surface area (Å²) in [5.41, 5.74) is 7.21. The maximum absolute atomic E-state index is 11.9. The topological polar surface area (TPSA) is 82.5 Å². The van der Waals surface area contributed by atoms with Gasteiger partial charge >= 0.3 is 0 Å². The summed E-state index contributed by atoms with van der Waals surface area (Å²) in [7, 11) is 0. The van der Waals surface area contributed by atoms with Gasteiger partial charge < -0.3 is 10.5 Å².